The maximum absolute atomic E-state index is 12.1. The minimum absolute atomic E-state index is 0.0106. The molecule has 0 saturated heterocycles. The molecule has 0 unspecified atom stereocenters. The number of nitrogens with one attached hydrogen (secondary N) is 2. The van der Waals surface area contributed by atoms with Crippen LogP contribution in [-0.2, 0) is 11.2 Å². The zero-order chi connectivity index (χ0) is 18.1. The Kier molecular flexibility index (Phi) is 7.48. The highest BCUT2D eigenvalue weighted by molar-refractivity contribution is 5.78. The molecule has 0 aliphatic carbocycles. The zero-order valence-corrected chi connectivity index (χ0v) is 15.3. The highest BCUT2D eigenvalue weighted by atomic mass is 16.5. The van der Waals surface area contributed by atoms with Gasteiger partial charge in [0.1, 0.15) is 5.75 Å². The number of hydrogen-bond acceptors (Lipinski definition) is 3. The Morgan fingerprint density at radius 2 is 1.72 bits per heavy atom. The van der Waals surface area contributed by atoms with Crippen LogP contribution in [0.25, 0.3) is 0 Å². The normalized spacial score (nSPS) is 12.0. The monoisotopic (exact) mass is 340 g/mol. The molecule has 0 aromatic heterocycles. The lowest BCUT2D eigenvalue weighted by Crippen LogP contribution is -2.38. The zero-order valence-electron chi connectivity index (χ0n) is 15.3. The van der Waals surface area contributed by atoms with Crippen molar-refractivity contribution in [3.63, 3.8) is 0 Å². The molecular formula is C21H28N2O2. The van der Waals surface area contributed by atoms with Gasteiger partial charge in [0.05, 0.1) is 13.7 Å². The first kappa shape index (κ1) is 19.0. The summed E-state index contributed by atoms with van der Waals surface area (Å²) < 4.78 is 5.33. The van der Waals surface area contributed by atoms with Gasteiger partial charge in [-0.1, -0.05) is 62.4 Å². The van der Waals surface area contributed by atoms with E-state index in [0.717, 1.165) is 17.7 Å². The van der Waals surface area contributed by atoms with E-state index in [-0.39, 0.29) is 11.9 Å². The lowest BCUT2D eigenvalue weighted by atomic mass is 9.96. The van der Waals surface area contributed by atoms with Crippen LogP contribution in [0.5, 0.6) is 5.75 Å². The molecule has 4 nitrogen and oxygen atoms in total. The molecule has 2 aromatic rings. The molecule has 2 N–H and O–H groups in total. The molecule has 2 aromatic carbocycles. The van der Waals surface area contributed by atoms with Crippen LogP contribution in [0.3, 0.4) is 0 Å². The van der Waals surface area contributed by atoms with Crippen LogP contribution >= 0.6 is 0 Å². The van der Waals surface area contributed by atoms with Crippen LogP contribution in [0.15, 0.2) is 54.6 Å². The number of ether oxygens (including phenoxy) is 1. The average molecular weight is 340 g/mol. The van der Waals surface area contributed by atoms with Gasteiger partial charge in [-0.05, 0) is 29.5 Å². The van der Waals surface area contributed by atoms with E-state index in [1.807, 2.05) is 42.5 Å². The van der Waals surface area contributed by atoms with E-state index >= 15 is 0 Å². The summed E-state index contributed by atoms with van der Waals surface area (Å²) in [6, 6.07) is 18.3. The topological polar surface area (TPSA) is 50.4 Å². The highest BCUT2D eigenvalue weighted by Gasteiger charge is 2.16. The molecule has 25 heavy (non-hydrogen) atoms. The summed E-state index contributed by atoms with van der Waals surface area (Å²) in [5.74, 6) is 1.28. The Bertz CT molecular complexity index is 656. The molecule has 0 heterocycles. The minimum Gasteiger partial charge on any atom is -0.496 e. The number of methoxy groups -OCH3 is 1. The van der Waals surface area contributed by atoms with Gasteiger partial charge in [-0.2, -0.15) is 0 Å². The summed E-state index contributed by atoms with van der Waals surface area (Å²) in [4.78, 5) is 12.1. The van der Waals surface area contributed by atoms with Crippen molar-refractivity contribution in [1.29, 1.82) is 0 Å². The number of para-hydroxylation sites is 1. The molecule has 0 radical (unpaired) electrons. The Balaban J connectivity index is 1.79. The third-order valence-corrected chi connectivity index (χ3v) is 4.22. The van der Waals surface area contributed by atoms with E-state index in [0.29, 0.717) is 19.0 Å². The predicted octanol–water partition coefficient (Wildman–Crippen LogP) is 3.34. The van der Waals surface area contributed by atoms with Crippen LogP contribution in [0, 0.1) is 5.92 Å². The highest BCUT2D eigenvalue weighted by Crippen LogP contribution is 2.21. The van der Waals surface area contributed by atoms with Crippen molar-refractivity contribution in [3.8, 4) is 5.75 Å². The van der Waals surface area contributed by atoms with E-state index in [2.05, 4.69) is 36.6 Å². The molecule has 0 spiro atoms. The van der Waals surface area contributed by atoms with Crippen LogP contribution < -0.4 is 15.4 Å². The maximum atomic E-state index is 12.1. The summed E-state index contributed by atoms with van der Waals surface area (Å²) in [5.41, 5.74) is 2.31. The lowest BCUT2D eigenvalue weighted by molar-refractivity contribution is -0.120. The molecular weight excluding hydrogens is 312 g/mol. The quantitative estimate of drug-likeness (QED) is 0.736. The van der Waals surface area contributed by atoms with Gasteiger partial charge in [-0.15, -0.1) is 0 Å². The van der Waals surface area contributed by atoms with Gasteiger partial charge in [0.25, 0.3) is 0 Å². The molecule has 134 valence electrons. The number of carbonyl (C=O) groups is 1. The Morgan fingerprint density at radius 3 is 2.40 bits per heavy atom. The fourth-order valence-electron chi connectivity index (χ4n) is 2.91. The Hall–Kier alpha value is -2.33. The second kappa shape index (κ2) is 9.84. The van der Waals surface area contributed by atoms with Gasteiger partial charge in [-0.25, -0.2) is 0 Å². The first-order valence-corrected chi connectivity index (χ1v) is 8.78. The van der Waals surface area contributed by atoms with Gasteiger partial charge >= 0.3 is 0 Å². The first-order chi connectivity index (χ1) is 12.1. The number of hydrogen-bond donors (Lipinski definition) is 2. The molecule has 1 atom stereocenters. The van der Waals surface area contributed by atoms with Crippen molar-refractivity contribution in [2.75, 3.05) is 20.2 Å². The largest absolute Gasteiger partial charge is 0.496 e. The van der Waals surface area contributed by atoms with Crippen LogP contribution in [-0.4, -0.2) is 26.1 Å². The molecule has 1 amide bonds. The molecule has 0 fully saturated rings. The number of benzene rings is 2. The van der Waals surface area contributed by atoms with Crippen molar-refractivity contribution in [2.24, 2.45) is 5.92 Å². The van der Waals surface area contributed by atoms with Gasteiger partial charge in [0.2, 0.25) is 5.91 Å². The van der Waals surface area contributed by atoms with Crippen LogP contribution in [0.1, 0.15) is 31.0 Å². The molecule has 0 aliphatic heterocycles. The fourth-order valence-corrected chi connectivity index (χ4v) is 2.91. The Morgan fingerprint density at radius 1 is 1.04 bits per heavy atom. The Labute approximate surface area is 150 Å². The van der Waals surface area contributed by atoms with Crippen LogP contribution in [0.2, 0.25) is 0 Å². The second-order valence-corrected chi connectivity index (χ2v) is 6.43. The van der Waals surface area contributed by atoms with E-state index in [1.54, 1.807) is 7.11 Å². The van der Waals surface area contributed by atoms with Crippen molar-refractivity contribution in [2.45, 2.75) is 26.3 Å². The van der Waals surface area contributed by atoms with Gasteiger partial charge in [0, 0.05) is 12.6 Å². The molecule has 0 aliphatic rings. The number of amides is 1. The van der Waals surface area contributed by atoms with Gasteiger partial charge in [0.15, 0.2) is 0 Å². The summed E-state index contributed by atoms with van der Waals surface area (Å²) in [5, 5.41) is 6.34. The molecule has 2 rings (SSSR count). The van der Waals surface area contributed by atoms with Crippen molar-refractivity contribution >= 4 is 5.91 Å². The summed E-state index contributed by atoms with van der Waals surface area (Å²) in [6.45, 7) is 5.22. The lowest BCUT2D eigenvalue weighted by Gasteiger charge is -2.22. The van der Waals surface area contributed by atoms with E-state index < -0.39 is 0 Å². The predicted molar refractivity (Wildman–Crippen MR) is 102 cm³/mol. The van der Waals surface area contributed by atoms with E-state index in [9.17, 15) is 4.79 Å². The summed E-state index contributed by atoms with van der Waals surface area (Å²) in [7, 11) is 1.66. The third-order valence-electron chi connectivity index (χ3n) is 4.22. The average Bonchev–Trinajstić information content (AvgIpc) is 2.63. The molecule has 0 bridgehead atoms. The smallest absolute Gasteiger partial charge is 0.233 e. The third kappa shape index (κ3) is 5.91. The van der Waals surface area contributed by atoms with Crippen molar-refractivity contribution in [1.82, 2.24) is 10.6 Å². The first-order valence-electron chi connectivity index (χ1n) is 8.78. The minimum atomic E-state index is 0.0106. The van der Waals surface area contributed by atoms with E-state index in [4.69, 9.17) is 4.74 Å². The molecule has 0 saturated carbocycles. The van der Waals surface area contributed by atoms with Crippen LogP contribution in [0.4, 0.5) is 0 Å². The van der Waals surface area contributed by atoms with E-state index in [1.165, 1.54) is 5.56 Å². The number of carbonyl (C=O) groups excluding carboxylic acids is 1. The summed E-state index contributed by atoms with van der Waals surface area (Å²) in [6.07, 6.45) is 0.752. The van der Waals surface area contributed by atoms with Crippen molar-refractivity contribution in [3.05, 3.63) is 65.7 Å². The van der Waals surface area contributed by atoms with Gasteiger partial charge in [-0.3, -0.25) is 4.79 Å². The number of rotatable bonds is 9. The second-order valence-electron chi connectivity index (χ2n) is 6.43. The van der Waals surface area contributed by atoms with Gasteiger partial charge < -0.3 is 15.4 Å². The SMILES string of the molecule is COc1ccccc1CCNC(=O)CN[C@@H](c1ccccc1)C(C)C. The standard InChI is InChI=1S/C21H28N2O2/c1-16(2)21(18-10-5-4-6-11-18)23-15-20(24)22-14-13-17-9-7-8-12-19(17)25-3/h4-12,16,21,23H,13-15H2,1-3H3,(H,22,24)/t21-/m1/s1. The molecule has 4 heteroatoms. The maximum Gasteiger partial charge on any atom is 0.233 e. The fraction of sp³-hybridized carbons (Fsp3) is 0.381. The summed E-state index contributed by atoms with van der Waals surface area (Å²) >= 11 is 0. The van der Waals surface area contributed by atoms with Crippen molar-refractivity contribution < 1.29 is 9.53 Å².